The monoisotopic (exact) mass is 984 g/mol. The van der Waals surface area contributed by atoms with Crippen molar-refractivity contribution in [1.82, 2.24) is 5.32 Å². The van der Waals surface area contributed by atoms with Gasteiger partial charge in [0.05, 0.1) is 25.4 Å². The van der Waals surface area contributed by atoms with Crippen LogP contribution in [0.5, 0.6) is 0 Å². The van der Waals surface area contributed by atoms with Gasteiger partial charge in [0.15, 0.2) is 6.29 Å². The van der Waals surface area contributed by atoms with Gasteiger partial charge in [-0.15, -0.1) is 0 Å². The molecule has 1 saturated heterocycles. The Kier molecular flexibility index (Phi) is 45.1. The number of unbranched alkanes of at least 4 members (excludes halogenated alkanes) is 10. The van der Waals surface area contributed by atoms with Crippen LogP contribution in [0.4, 0.5) is 0 Å². The fourth-order valence-electron chi connectivity index (χ4n) is 7.40. The van der Waals surface area contributed by atoms with Crippen LogP contribution < -0.4 is 5.32 Å². The normalized spacial score (nSPS) is 20.6. The van der Waals surface area contributed by atoms with Crippen molar-refractivity contribution in [2.45, 2.75) is 211 Å². The second-order valence-corrected chi connectivity index (χ2v) is 17.9. The van der Waals surface area contributed by atoms with Crippen LogP contribution in [0.15, 0.2) is 158 Å². The van der Waals surface area contributed by atoms with Gasteiger partial charge in [0, 0.05) is 6.42 Å². The number of carbonyl (C=O) groups excluding carboxylic acids is 1. The highest BCUT2D eigenvalue weighted by atomic mass is 16.7. The van der Waals surface area contributed by atoms with Gasteiger partial charge >= 0.3 is 0 Å². The fourth-order valence-corrected chi connectivity index (χ4v) is 7.40. The number of hydrogen-bond donors (Lipinski definition) is 6. The second-order valence-electron chi connectivity index (χ2n) is 17.9. The van der Waals surface area contributed by atoms with Crippen LogP contribution in [0, 0.1) is 0 Å². The van der Waals surface area contributed by atoms with E-state index in [1.54, 1.807) is 6.08 Å². The molecule has 1 rings (SSSR count). The molecule has 7 atom stereocenters. The summed E-state index contributed by atoms with van der Waals surface area (Å²) in [6.07, 6.45) is 72.0. The van der Waals surface area contributed by atoms with E-state index >= 15 is 0 Å². The summed E-state index contributed by atoms with van der Waals surface area (Å²) in [4.78, 5) is 13.0. The molecule has 9 heteroatoms. The standard InChI is InChI=1S/C62H97NO8/c1-3-5-7-9-11-13-14-15-16-17-18-19-20-21-22-23-24-25-26-27-28-29-30-31-32-33-34-35-36-37-38-39-40-41-42-44-46-48-50-52-58(66)63-55(56(65)51-49-47-45-43-12-10-8-6-4-2)54-70-62-61(69)60(68)59(67)57(53-64)71-62/h4-7,11-13,15-16,18-19,21-22,24-25,27-28,30-31,33-34,36-37,43,49,51,55-57,59-62,64-65,67-69H,3,8-10,14,17,20,23,26,29,32,35,38-42,44-48,50,52-54H2,1-2H3,(H,63,66)/b6-4+,7-5-,13-11-,16-15-,19-18-,22-21-,25-24-,28-27-,31-30-,34-33-,37-36-,43-12+,51-49+. The Morgan fingerprint density at radius 2 is 0.901 bits per heavy atom. The number of ether oxygens (including phenoxy) is 2. The van der Waals surface area contributed by atoms with Crippen LogP contribution in [-0.4, -0.2) is 87.5 Å². The van der Waals surface area contributed by atoms with Gasteiger partial charge in [-0.2, -0.15) is 0 Å². The van der Waals surface area contributed by atoms with Gasteiger partial charge in [-0.25, -0.2) is 0 Å². The number of amides is 1. The average Bonchev–Trinajstić information content (AvgIpc) is 3.37. The highest BCUT2D eigenvalue weighted by Gasteiger charge is 2.44. The minimum Gasteiger partial charge on any atom is -0.394 e. The van der Waals surface area contributed by atoms with Crippen LogP contribution in [-0.2, 0) is 14.3 Å². The van der Waals surface area contributed by atoms with E-state index in [2.05, 4.69) is 152 Å². The smallest absolute Gasteiger partial charge is 0.220 e. The molecule has 0 aromatic rings. The summed E-state index contributed by atoms with van der Waals surface area (Å²) in [5.41, 5.74) is 0. The van der Waals surface area contributed by atoms with Crippen LogP contribution in [0.1, 0.15) is 168 Å². The number of allylic oxidation sites excluding steroid dienone is 25. The number of aliphatic hydroxyl groups excluding tert-OH is 5. The van der Waals surface area contributed by atoms with E-state index < -0.39 is 49.5 Å². The molecule has 398 valence electrons. The number of hydrogen-bond acceptors (Lipinski definition) is 8. The van der Waals surface area contributed by atoms with Crippen molar-refractivity contribution < 1.29 is 39.8 Å². The van der Waals surface area contributed by atoms with Crippen molar-refractivity contribution in [1.29, 1.82) is 0 Å². The third-order valence-corrected chi connectivity index (χ3v) is 11.7. The first-order chi connectivity index (χ1) is 34.8. The molecule has 0 saturated carbocycles. The molecule has 0 aromatic carbocycles. The van der Waals surface area contributed by atoms with Crippen molar-refractivity contribution in [3.8, 4) is 0 Å². The summed E-state index contributed by atoms with van der Waals surface area (Å²) in [6.45, 7) is 3.36. The van der Waals surface area contributed by atoms with E-state index in [9.17, 15) is 30.3 Å². The Morgan fingerprint density at radius 3 is 1.35 bits per heavy atom. The zero-order chi connectivity index (χ0) is 51.5. The van der Waals surface area contributed by atoms with Crippen molar-refractivity contribution >= 4 is 5.91 Å². The quantitative estimate of drug-likeness (QED) is 0.0261. The van der Waals surface area contributed by atoms with Gasteiger partial charge in [-0.05, 0) is 116 Å². The first kappa shape index (κ1) is 64.8. The summed E-state index contributed by atoms with van der Waals surface area (Å²) in [5.74, 6) is -0.211. The summed E-state index contributed by atoms with van der Waals surface area (Å²) in [6, 6.07) is -0.842. The summed E-state index contributed by atoms with van der Waals surface area (Å²) in [7, 11) is 0. The van der Waals surface area contributed by atoms with Crippen molar-refractivity contribution in [3.63, 3.8) is 0 Å². The van der Waals surface area contributed by atoms with Crippen molar-refractivity contribution in [2.75, 3.05) is 13.2 Å². The Morgan fingerprint density at radius 1 is 0.507 bits per heavy atom. The molecule has 1 fully saturated rings. The first-order valence-corrected chi connectivity index (χ1v) is 27.2. The van der Waals surface area contributed by atoms with Gasteiger partial charge < -0.3 is 40.3 Å². The fraction of sp³-hybridized carbons (Fsp3) is 0.565. The van der Waals surface area contributed by atoms with Crippen molar-refractivity contribution in [2.24, 2.45) is 0 Å². The second kappa shape index (κ2) is 49.4. The third kappa shape index (κ3) is 39.1. The number of carbonyl (C=O) groups is 1. The van der Waals surface area contributed by atoms with Crippen LogP contribution in [0.2, 0.25) is 0 Å². The molecule has 6 N–H and O–H groups in total. The lowest BCUT2D eigenvalue weighted by Gasteiger charge is -2.40. The number of rotatable bonds is 43. The molecule has 1 heterocycles. The van der Waals surface area contributed by atoms with E-state index in [0.717, 1.165) is 116 Å². The third-order valence-electron chi connectivity index (χ3n) is 11.7. The lowest BCUT2D eigenvalue weighted by atomic mass is 9.99. The molecular formula is C62H97NO8. The Balaban J connectivity index is 2.15. The Hall–Kier alpha value is -4.19. The maximum absolute atomic E-state index is 13.0. The van der Waals surface area contributed by atoms with E-state index in [1.165, 1.54) is 25.7 Å². The van der Waals surface area contributed by atoms with E-state index in [-0.39, 0.29) is 12.5 Å². The summed E-state index contributed by atoms with van der Waals surface area (Å²) < 4.78 is 11.2. The predicted octanol–water partition coefficient (Wildman–Crippen LogP) is 13.3. The van der Waals surface area contributed by atoms with Gasteiger partial charge in [-0.3, -0.25) is 4.79 Å². The molecule has 7 unspecified atom stereocenters. The molecule has 0 aliphatic carbocycles. The maximum atomic E-state index is 13.0. The van der Waals surface area contributed by atoms with Gasteiger partial charge in [-0.1, -0.05) is 203 Å². The van der Waals surface area contributed by atoms with E-state index in [4.69, 9.17) is 9.47 Å². The zero-order valence-corrected chi connectivity index (χ0v) is 43.9. The molecular weight excluding hydrogens is 887 g/mol. The zero-order valence-electron chi connectivity index (χ0n) is 43.9. The average molecular weight is 984 g/mol. The molecule has 0 spiro atoms. The molecule has 1 aliphatic heterocycles. The molecule has 9 nitrogen and oxygen atoms in total. The minimum atomic E-state index is -1.58. The largest absolute Gasteiger partial charge is 0.394 e. The Bertz CT molecular complexity index is 1660. The highest BCUT2D eigenvalue weighted by molar-refractivity contribution is 5.76. The van der Waals surface area contributed by atoms with E-state index in [1.807, 2.05) is 19.1 Å². The minimum absolute atomic E-state index is 0.211. The van der Waals surface area contributed by atoms with Crippen molar-refractivity contribution in [3.05, 3.63) is 158 Å². The molecule has 1 amide bonds. The summed E-state index contributed by atoms with van der Waals surface area (Å²) >= 11 is 0. The van der Waals surface area contributed by atoms with Gasteiger partial charge in [0.2, 0.25) is 5.91 Å². The molecule has 71 heavy (non-hydrogen) atoms. The lowest BCUT2D eigenvalue weighted by molar-refractivity contribution is -0.302. The highest BCUT2D eigenvalue weighted by Crippen LogP contribution is 2.22. The molecule has 0 bridgehead atoms. The molecule has 1 aliphatic rings. The van der Waals surface area contributed by atoms with Crippen LogP contribution >= 0.6 is 0 Å². The SMILES string of the molecule is C/C=C/CC/C=C/CC/C=C/C(O)C(COC1OC(CO)C(O)C(O)C1O)NC(=O)CCCCCCCCCC/C=C\C/C=C\C/C=C\C/C=C\C/C=C\C/C=C\C/C=C\C/C=C\C/C=C\C/C=C\CC. The topological polar surface area (TPSA) is 149 Å². The molecule has 0 radical (unpaired) electrons. The van der Waals surface area contributed by atoms with Crippen LogP contribution in [0.3, 0.4) is 0 Å². The first-order valence-electron chi connectivity index (χ1n) is 27.2. The number of nitrogens with one attached hydrogen (secondary N) is 1. The van der Waals surface area contributed by atoms with Crippen LogP contribution in [0.25, 0.3) is 0 Å². The maximum Gasteiger partial charge on any atom is 0.220 e. The number of aliphatic hydroxyl groups is 5. The van der Waals surface area contributed by atoms with Gasteiger partial charge in [0.1, 0.15) is 24.4 Å². The predicted molar refractivity (Wildman–Crippen MR) is 299 cm³/mol. The summed E-state index contributed by atoms with van der Waals surface area (Å²) in [5, 5.41) is 54.1. The lowest BCUT2D eigenvalue weighted by Crippen LogP contribution is -2.60. The van der Waals surface area contributed by atoms with E-state index in [0.29, 0.717) is 12.8 Å². The van der Waals surface area contributed by atoms with Gasteiger partial charge in [0.25, 0.3) is 0 Å². The molecule has 0 aromatic heterocycles. The Labute approximate surface area is 431 Å².